The van der Waals surface area contributed by atoms with Crippen LogP contribution in [0.1, 0.15) is 36.7 Å². The van der Waals surface area contributed by atoms with Gasteiger partial charge in [-0.1, -0.05) is 13.8 Å². The van der Waals surface area contributed by atoms with Gasteiger partial charge in [-0.05, 0) is 25.1 Å². The first kappa shape index (κ1) is 14.4. The van der Waals surface area contributed by atoms with E-state index in [4.69, 9.17) is 0 Å². The normalized spacial score (nSPS) is 24.4. The number of aromatic hydroxyl groups is 1. The van der Waals surface area contributed by atoms with Crippen molar-refractivity contribution in [3.8, 4) is 5.75 Å². The molecule has 1 aromatic carbocycles. The number of benzene rings is 1. The molecule has 0 bridgehead atoms. The number of rotatable bonds is 3. The molecule has 1 fully saturated rings. The van der Waals surface area contributed by atoms with Gasteiger partial charge >= 0.3 is 0 Å². The summed E-state index contributed by atoms with van der Waals surface area (Å²) in [5.41, 5.74) is 1.51. The van der Waals surface area contributed by atoms with Crippen LogP contribution in [-0.4, -0.2) is 39.4 Å². The van der Waals surface area contributed by atoms with Crippen molar-refractivity contribution in [1.29, 1.82) is 0 Å². The summed E-state index contributed by atoms with van der Waals surface area (Å²) in [5.74, 6) is 0.320. The summed E-state index contributed by atoms with van der Waals surface area (Å²) in [6.07, 6.45) is 0. The van der Waals surface area contributed by atoms with Crippen molar-refractivity contribution in [3.63, 3.8) is 0 Å². The molecule has 1 aliphatic rings. The number of Topliss-reactive ketones (excluding diaryl/α,β-unsaturated/α-hetero) is 1. The zero-order valence-corrected chi connectivity index (χ0v) is 12.5. The fraction of sp³-hybridized carbons (Fsp3) is 0.533. The van der Waals surface area contributed by atoms with Crippen molar-refractivity contribution in [1.82, 2.24) is 4.90 Å². The lowest BCUT2D eigenvalue weighted by atomic mass is 10.1. The molecule has 0 amide bonds. The highest BCUT2D eigenvalue weighted by Gasteiger charge is 2.23. The van der Waals surface area contributed by atoms with Crippen LogP contribution in [0.2, 0.25) is 0 Å². The third-order valence-electron chi connectivity index (χ3n) is 3.38. The highest BCUT2D eigenvalue weighted by atomic mass is 32.2. The maximum Gasteiger partial charge on any atom is 0.159 e. The molecular weight excluding hydrogens is 258 g/mol. The van der Waals surface area contributed by atoms with Gasteiger partial charge in [-0.25, -0.2) is 0 Å². The predicted molar refractivity (Wildman–Crippen MR) is 79.9 cm³/mol. The van der Waals surface area contributed by atoms with E-state index < -0.39 is 0 Å². The Morgan fingerprint density at radius 3 is 2.58 bits per heavy atom. The Bertz CT molecular complexity index is 465. The molecule has 2 unspecified atom stereocenters. The first-order valence-electron chi connectivity index (χ1n) is 6.66. The lowest BCUT2D eigenvalue weighted by molar-refractivity contribution is 0.101. The fourth-order valence-electron chi connectivity index (χ4n) is 2.59. The van der Waals surface area contributed by atoms with Crippen LogP contribution < -0.4 is 0 Å². The van der Waals surface area contributed by atoms with Gasteiger partial charge in [-0.15, -0.1) is 0 Å². The largest absolute Gasteiger partial charge is 0.508 e. The number of thioether (sulfide) groups is 1. The second-order valence-corrected chi connectivity index (χ2v) is 7.23. The number of hydrogen-bond acceptors (Lipinski definition) is 4. The van der Waals surface area contributed by atoms with Crippen LogP contribution in [0.15, 0.2) is 18.2 Å². The van der Waals surface area contributed by atoms with E-state index in [0.717, 1.165) is 18.7 Å². The maximum absolute atomic E-state index is 11.4. The highest BCUT2D eigenvalue weighted by molar-refractivity contribution is 8.00. The Morgan fingerprint density at radius 2 is 2.00 bits per heavy atom. The monoisotopic (exact) mass is 279 g/mol. The van der Waals surface area contributed by atoms with Crippen LogP contribution in [-0.2, 0) is 6.54 Å². The molecule has 19 heavy (non-hydrogen) atoms. The second kappa shape index (κ2) is 5.97. The number of phenolic OH excluding ortho intramolecular Hbond substituents is 1. The van der Waals surface area contributed by atoms with Gasteiger partial charge in [0, 0.05) is 41.3 Å². The molecule has 1 aliphatic heterocycles. The number of nitrogens with zero attached hydrogens (tertiary/aromatic N) is 1. The summed E-state index contributed by atoms with van der Waals surface area (Å²) in [7, 11) is 0. The van der Waals surface area contributed by atoms with Gasteiger partial charge in [0.15, 0.2) is 5.78 Å². The summed E-state index contributed by atoms with van der Waals surface area (Å²) in [4.78, 5) is 13.8. The lowest BCUT2D eigenvalue weighted by Crippen LogP contribution is -2.39. The first-order valence-corrected chi connectivity index (χ1v) is 7.60. The maximum atomic E-state index is 11.4. The van der Waals surface area contributed by atoms with Crippen LogP contribution in [0.4, 0.5) is 0 Å². The van der Waals surface area contributed by atoms with Crippen molar-refractivity contribution in [3.05, 3.63) is 29.3 Å². The van der Waals surface area contributed by atoms with E-state index in [-0.39, 0.29) is 11.5 Å². The molecule has 1 N–H and O–H groups in total. The van der Waals surface area contributed by atoms with Gasteiger partial charge < -0.3 is 5.11 Å². The zero-order valence-electron chi connectivity index (χ0n) is 11.7. The van der Waals surface area contributed by atoms with E-state index in [1.54, 1.807) is 19.1 Å². The minimum Gasteiger partial charge on any atom is -0.508 e. The molecule has 1 aromatic rings. The van der Waals surface area contributed by atoms with Gasteiger partial charge in [0.2, 0.25) is 0 Å². The van der Waals surface area contributed by atoms with E-state index in [9.17, 15) is 9.90 Å². The molecule has 0 radical (unpaired) electrons. The van der Waals surface area contributed by atoms with Crippen LogP contribution in [0.3, 0.4) is 0 Å². The van der Waals surface area contributed by atoms with Gasteiger partial charge in [-0.3, -0.25) is 9.69 Å². The standard InChI is InChI=1S/C15H21NO2S/c1-10-7-16(8-11(2)19-10)9-14-6-13(12(3)17)4-5-15(14)18/h4-6,10-11,18H,7-9H2,1-3H3. The topological polar surface area (TPSA) is 40.5 Å². The van der Waals surface area contributed by atoms with E-state index in [1.165, 1.54) is 0 Å². The Balaban J connectivity index is 2.13. The number of hydrogen-bond donors (Lipinski definition) is 1. The summed E-state index contributed by atoms with van der Waals surface area (Å²) >= 11 is 2.01. The van der Waals surface area contributed by atoms with Crippen LogP contribution >= 0.6 is 11.8 Å². The number of phenols is 1. The molecule has 1 saturated heterocycles. The lowest BCUT2D eigenvalue weighted by Gasteiger charge is -2.34. The Hall–Kier alpha value is -1.00. The number of ketones is 1. The number of carbonyl (C=O) groups excluding carboxylic acids is 1. The molecule has 2 atom stereocenters. The van der Waals surface area contributed by atoms with Crippen LogP contribution in [0, 0.1) is 0 Å². The fourth-order valence-corrected chi connectivity index (χ4v) is 3.97. The third kappa shape index (κ3) is 3.74. The predicted octanol–water partition coefficient (Wildman–Crippen LogP) is 2.92. The SMILES string of the molecule is CC(=O)c1ccc(O)c(CN2CC(C)SC(C)C2)c1. The Kier molecular flexibility index (Phi) is 4.53. The minimum absolute atomic E-state index is 0.0391. The number of carbonyl (C=O) groups is 1. The third-order valence-corrected chi connectivity index (χ3v) is 4.60. The average molecular weight is 279 g/mol. The molecule has 104 valence electrons. The van der Waals surface area contributed by atoms with Gasteiger partial charge in [0.1, 0.15) is 5.75 Å². The van der Waals surface area contributed by atoms with Crippen molar-refractivity contribution >= 4 is 17.5 Å². The molecule has 0 aromatic heterocycles. The molecule has 3 nitrogen and oxygen atoms in total. The molecule has 0 spiro atoms. The smallest absolute Gasteiger partial charge is 0.159 e. The van der Waals surface area contributed by atoms with E-state index in [0.29, 0.717) is 22.6 Å². The molecule has 4 heteroatoms. The molecule has 1 heterocycles. The Labute approximate surface area is 119 Å². The molecule has 2 rings (SSSR count). The van der Waals surface area contributed by atoms with Gasteiger partial charge in [0.05, 0.1) is 0 Å². The molecular formula is C15H21NO2S. The summed E-state index contributed by atoms with van der Waals surface area (Å²) in [6.45, 7) is 8.79. The van der Waals surface area contributed by atoms with E-state index >= 15 is 0 Å². The quantitative estimate of drug-likeness (QED) is 0.864. The average Bonchev–Trinajstić information content (AvgIpc) is 2.30. The van der Waals surface area contributed by atoms with Crippen molar-refractivity contribution in [2.45, 2.75) is 37.8 Å². The Morgan fingerprint density at radius 1 is 1.37 bits per heavy atom. The van der Waals surface area contributed by atoms with Crippen LogP contribution in [0.25, 0.3) is 0 Å². The molecule has 0 aliphatic carbocycles. The summed E-state index contributed by atoms with van der Waals surface area (Å²) in [6, 6.07) is 5.12. The van der Waals surface area contributed by atoms with Crippen molar-refractivity contribution in [2.24, 2.45) is 0 Å². The highest BCUT2D eigenvalue weighted by Crippen LogP contribution is 2.27. The summed E-state index contributed by atoms with van der Waals surface area (Å²) < 4.78 is 0. The molecule has 0 saturated carbocycles. The van der Waals surface area contributed by atoms with E-state index in [2.05, 4.69) is 18.7 Å². The van der Waals surface area contributed by atoms with Gasteiger partial charge in [-0.2, -0.15) is 11.8 Å². The zero-order chi connectivity index (χ0) is 14.0. The minimum atomic E-state index is 0.0391. The summed E-state index contributed by atoms with van der Waals surface area (Å²) in [5, 5.41) is 11.2. The van der Waals surface area contributed by atoms with Crippen molar-refractivity contribution in [2.75, 3.05) is 13.1 Å². The van der Waals surface area contributed by atoms with E-state index in [1.807, 2.05) is 17.8 Å². The van der Waals surface area contributed by atoms with Crippen molar-refractivity contribution < 1.29 is 9.90 Å². The second-order valence-electron chi connectivity index (χ2n) is 5.35. The van der Waals surface area contributed by atoms with Crippen LogP contribution in [0.5, 0.6) is 5.75 Å². The van der Waals surface area contributed by atoms with Gasteiger partial charge in [0.25, 0.3) is 0 Å². The first-order chi connectivity index (χ1) is 8.95.